The van der Waals surface area contributed by atoms with Crippen molar-refractivity contribution in [2.45, 2.75) is 24.3 Å². The molecule has 8 heteroatoms. The number of benzene rings is 2. The lowest BCUT2D eigenvalue weighted by Crippen LogP contribution is -2.42. The zero-order valence-corrected chi connectivity index (χ0v) is 19.2. The quantitative estimate of drug-likeness (QED) is 0.622. The number of sulfonamides is 1. The summed E-state index contributed by atoms with van der Waals surface area (Å²) in [7, 11) is 0.247. The van der Waals surface area contributed by atoms with Crippen LogP contribution in [0.25, 0.3) is 10.8 Å². The molecule has 1 N–H and O–H groups in total. The van der Waals surface area contributed by atoms with Crippen LogP contribution in [0.2, 0.25) is 0 Å². The zero-order valence-electron chi connectivity index (χ0n) is 18.4. The number of piperidine rings is 1. The molecule has 1 amide bonds. The molecule has 32 heavy (non-hydrogen) atoms. The van der Waals surface area contributed by atoms with Crippen LogP contribution in [0.1, 0.15) is 18.4 Å². The Morgan fingerprint density at radius 2 is 1.78 bits per heavy atom. The summed E-state index contributed by atoms with van der Waals surface area (Å²) in [6, 6.07) is 16.7. The Hall–Kier alpha value is -2.97. The summed E-state index contributed by atoms with van der Waals surface area (Å²) in [5, 5.41) is 4.90. The van der Waals surface area contributed by atoms with Gasteiger partial charge in [0.15, 0.2) is 0 Å². The fourth-order valence-corrected chi connectivity index (χ4v) is 5.64. The van der Waals surface area contributed by atoms with Gasteiger partial charge in [0, 0.05) is 51.4 Å². The number of amides is 1. The number of aromatic nitrogens is 1. The Kier molecular flexibility index (Phi) is 6.43. The van der Waals surface area contributed by atoms with E-state index in [0.717, 1.165) is 22.2 Å². The van der Waals surface area contributed by atoms with Gasteiger partial charge in [-0.2, -0.15) is 4.31 Å². The molecule has 4 rings (SSSR count). The fraction of sp³-hybridized carbons (Fsp3) is 0.333. The van der Waals surface area contributed by atoms with Crippen LogP contribution in [0.3, 0.4) is 0 Å². The Labute approximate surface area is 189 Å². The highest BCUT2D eigenvalue weighted by molar-refractivity contribution is 7.89. The van der Waals surface area contributed by atoms with E-state index in [-0.39, 0.29) is 11.8 Å². The number of rotatable bonds is 6. The molecule has 0 aliphatic carbocycles. The highest BCUT2D eigenvalue weighted by Crippen LogP contribution is 2.26. The number of anilines is 1. The molecule has 0 atom stereocenters. The van der Waals surface area contributed by atoms with Crippen molar-refractivity contribution in [3.63, 3.8) is 0 Å². The van der Waals surface area contributed by atoms with E-state index in [0.29, 0.717) is 37.4 Å². The van der Waals surface area contributed by atoms with E-state index in [9.17, 15) is 13.2 Å². The summed E-state index contributed by atoms with van der Waals surface area (Å²) >= 11 is 0. The van der Waals surface area contributed by atoms with Gasteiger partial charge in [0.2, 0.25) is 15.9 Å². The highest BCUT2D eigenvalue weighted by atomic mass is 32.2. The van der Waals surface area contributed by atoms with Gasteiger partial charge in [-0.1, -0.05) is 36.4 Å². The SMILES string of the molecule is CN(C)c1ncccc1CNC(=O)C1CCN(S(=O)(=O)c2ccc3ccccc3c2)CC1. The third-order valence-electron chi connectivity index (χ3n) is 5.93. The number of hydrogen-bond donors (Lipinski definition) is 1. The monoisotopic (exact) mass is 452 g/mol. The standard InChI is InChI=1S/C24H28N4O3S/c1-27(2)23-21(8-5-13-25-23)17-26-24(29)19-11-14-28(15-12-19)32(30,31)22-10-9-18-6-3-4-7-20(18)16-22/h3-10,13,16,19H,11-12,14-15,17H2,1-2H3,(H,26,29). The second-order valence-corrected chi connectivity index (χ2v) is 10.2. The van der Waals surface area contributed by atoms with Crippen LogP contribution in [-0.2, 0) is 21.4 Å². The molecule has 1 aliphatic heterocycles. The van der Waals surface area contributed by atoms with Crippen LogP contribution in [0.15, 0.2) is 65.7 Å². The second-order valence-electron chi connectivity index (χ2n) is 8.29. The van der Waals surface area contributed by atoms with Crippen molar-refractivity contribution in [3.05, 3.63) is 66.4 Å². The highest BCUT2D eigenvalue weighted by Gasteiger charge is 2.32. The molecule has 2 aromatic carbocycles. The maximum absolute atomic E-state index is 13.1. The van der Waals surface area contributed by atoms with Crippen LogP contribution in [0.4, 0.5) is 5.82 Å². The molecule has 0 unspecified atom stereocenters. The van der Waals surface area contributed by atoms with Gasteiger partial charge in [-0.25, -0.2) is 13.4 Å². The van der Waals surface area contributed by atoms with E-state index >= 15 is 0 Å². The van der Waals surface area contributed by atoms with Crippen molar-refractivity contribution in [2.24, 2.45) is 5.92 Å². The van der Waals surface area contributed by atoms with Crippen LogP contribution < -0.4 is 10.2 Å². The molecule has 0 spiro atoms. The number of nitrogens with one attached hydrogen (secondary N) is 1. The van der Waals surface area contributed by atoms with Gasteiger partial charge in [-0.15, -0.1) is 0 Å². The lowest BCUT2D eigenvalue weighted by Gasteiger charge is -2.30. The Morgan fingerprint density at radius 1 is 1.06 bits per heavy atom. The maximum Gasteiger partial charge on any atom is 0.243 e. The summed E-state index contributed by atoms with van der Waals surface area (Å²) in [6.45, 7) is 1.07. The molecular weight excluding hydrogens is 424 g/mol. The van der Waals surface area contributed by atoms with Gasteiger partial charge in [0.05, 0.1) is 4.90 Å². The summed E-state index contributed by atoms with van der Waals surface area (Å²) < 4.78 is 27.8. The summed E-state index contributed by atoms with van der Waals surface area (Å²) in [4.78, 5) is 19.3. The Morgan fingerprint density at radius 3 is 2.50 bits per heavy atom. The Bertz CT molecular complexity index is 1220. The van der Waals surface area contributed by atoms with Crippen molar-refractivity contribution >= 4 is 32.5 Å². The molecule has 1 saturated heterocycles. The van der Waals surface area contributed by atoms with Gasteiger partial charge in [0.1, 0.15) is 5.82 Å². The molecule has 0 saturated carbocycles. The number of nitrogens with zero attached hydrogens (tertiary/aromatic N) is 3. The topological polar surface area (TPSA) is 82.6 Å². The molecule has 1 aromatic heterocycles. The van der Waals surface area contributed by atoms with Crippen LogP contribution >= 0.6 is 0 Å². The average Bonchev–Trinajstić information content (AvgIpc) is 2.82. The predicted molar refractivity (Wildman–Crippen MR) is 126 cm³/mol. The minimum Gasteiger partial charge on any atom is -0.362 e. The molecule has 0 bridgehead atoms. The number of pyridine rings is 1. The number of fused-ring (bicyclic) bond motifs is 1. The lowest BCUT2D eigenvalue weighted by molar-refractivity contribution is -0.126. The molecule has 7 nitrogen and oxygen atoms in total. The van der Waals surface area contributed by atoms with Crippen molar-refractivity contribution in [2.75, 3.05) is 32.1 Å². The van der Waals surface area contributed by atoms with Crippen molar-refractivity contribution in [1.82, 2.24) is 14.6 Å². The average molecular weight is 453 g/mol. The van der Waals surface area contributed by atoms with Gasteiger partial charge in [0.25, 0.3) is 0 Å². The number of carbonyl (C=O) groups excluding carboxylic acids is 1. The summed E-state index contributed by atoms with van der Waals surface area (Å²) in [6.07, 6.45) is 2.74. The van der Waals surface area contributed by atoms with Crippen molar-refractivity contribution in [1.29, 1.82) is 0 Å². The molecule has 0 radical (unpaired) electrons. The summed E-state index contributed by atoms with van der Waals surface area (Å²) in [5.74, 6) is 0.586. The first kappa shape index (κ1) is 22.2. The van der Waals surface area contributed by atoms with E-state index < -0.39 is 10.0 Å². The molecule has 3 aromatic rings. The van der Waals surface area contributed by atoms with Crippen molar-refractivity contribution in [3.8, 4) is 0 Å². The Balaban J connectivity index is 1.37. The van der Waals surface area contributed by atoms with Crippen LogP contribution in [0.5, 0.6) is 0 Å². The molecule has 168 valence electrons. The zero-order chi connectivity index (χ0) is 22.7. The second kappa shape index (κ2) is 9.26. The minimum atomic E-state index is -3.59. The van der Waals surface area contributed by atoms with E-state index in [1.165, 1.54) is 4.31 Å². The largest absolute Gasteiger partial charge is 0.362 e. The first-order valence-electron chi connectivity index (χ1n) is 10.7. The predicted octanol–water partition coefficient (Wildman–Crippen LogP) is 3.02. The number of carbonyl (C=O) groups is 1. The molecule has 2 heterocycles. The lowest BCUT2D eigenvalue weighted by atomic mass is 9.97. The third kappa shape index (κ3) is 4.61. The third-order valence-corrected chi connectivity index (χ3v) is 7.82. The first-order valence-corrected chi connectivity index (χ1v) is 12.2. The number of hydrogen-bond acceptors (Lipinski definition) is 5. The fourth-order valence-electron chi connectivity index (χ4n) is 4.13. The van der Waals surface area contributed by atoms with Crippen LogP contribution in [0, 0.1) is 5.92 Å². The normalized spacial score (nSPS) is 15.6. The smallest absolute Gasteiger partial charge is 0.243 e. The summed E-state index contributed by atoms with van der Waals surface area (Å²) in [5.41, 5.74) is 0.946. The van der Waals surface area contributed by atoms with Crippen molar-refractivity contribution < 1.29 is 13.2 Å². The molecular formula is C24H28N4O3S. The molecule has 1 fully saturated rings. The first-order chi connectivity index (χ1) is 15.4. The van der Waals surface area contributed by atoms with E-state index in [2.05, 4.69) is 10.3 Å². The van der Waals surface area contributed by atoms with Gasteiger partial charge in [-0.05, 0) is 41.8 Å². The van der Waals surface area contributed by atoms with E-state index in [4.69, 9.17) is 0 Å². The van der Waals surface area contributed by atoms with E-state index in [1.807, 2.05) is 61.5 Å². The van der Waals surface area contributed by atoms with Crippen LogP contribution in [-0.4, -0.2) is 50.8 Å². The maximum atomic E-state index is 13.1. The van der Waals surface area contributed by atoms with Gasteiger partial charge in [-0.3, -0.25) is 4.79 Å². The minimum absolute atomic E-state index is 0.0405. The van der Waals surface area contributed by atoms with Gasteiger partial charge >= 0.3 is 0 Å². The molecule has 1 aliphatic rings. The van der Waals surface area contributed by atoms with E-state index in [1.54, 1.807) is 18.3 Å². The van der Waals surface area contributed by atoms with Gasteiger partial charge < -0.3 is 10.2 Å².